The predicted octanol–water partition coefficient (Wildman–Crippen LogP) is 1.13. The number of aliphatic hydroxyl groups excluding tert-OH is 1. The van der Waals surface area contributed by atoms with E-state index in [1.807, 2.05) is 0 Å². The van der Waals surface area contributed by atoms with Crippen molar-refractivity contribution in [2.45, 2.75) is 44.3 Å². The number of hydrogen-bond donors (Lipinski definition) is 1. The maximum Gasteiger partial charge on any atom is 0.276 e. The second-order valence-corrected chi connectivity index (χ2v) is 5.62. The lowest BCUT2D eigenvalue weighted by atomic mass is 9.82. The van der Waals surface area contributed by atoms with E-state index >= 15 is 0 Å². The summed E-state index contributed by atoms with van der Waals surface area (Å²) in [4.78, 5) is 18.1. The van der Waals surface area contributed by atoms with Crippen molar-refractivity contribution in [3.8, 4) is 0 Å². The normalized spacial score (nSPS) is 25.9. The van der Waals surface area contributed by atoms with E-state index in [4.69, 9.17) is 9.15 Å². The highest BCUT2D eigenvalue weighted by atomic mass is 16.5. The van der Waals surface area contributed by atoms with Gasteiger partial charge in [0.25, 0.3) is 5.91 Å². The van der Waals surface area contributed by atoms with Crippen molar-refractivity contribution < 1.29 is 19.1 Å². The van der Waals surface area contributed by atoms with Crippen LogP contribution in [0, 0.1) is 6.92 Å². The van der Waals surface area contributed by atoms with E-state index in [2.05, 4.69) is 4.98 Å². The largest absolute Gasteiger partial charge is 0.448 e. The standard InChI is InChI=1S/C14H20N2O4/c1-10-12(15-9-19-10)13(18)16-6-4-14(5-7-16)11(17)3-2-8-20-14/h9,11,17H,2-8H2,1H3. The van der Waals surface area contributed by atoms with Crippen LogP contribution < -0.4 is 0 Å². The van der Waals surface area contributed by atoms with Crippen molar-refractivity contribution in [1.82, 2.24) is 9.88 Å². The lowest BCUT2D eigenvalue weighted by Gasteiger charge is -2.46. The highest BCUT2D eigenvalue weighted by Gasteiger charge is 2.44. The van der Waals surface area contributed by atoms with Crippen molar-refractivity contribution in [3.63, 3.8) is 0 Å². The van der Waals surface area contributed by atoms with E-state index in [1.165, 1.54) is 6.39 Å². The van der Waals surface area contributed by atoms with Crippen LogP contribution in [0.5, 0.6) is 0 Å². The number of carbonyl (C=O) groups excluding carboxylic acids is 1. The summed E-state index contributed by atoms with van der Waals surface area (Å²) in [5.41, 5.74) is -0.0699. The molecule has 0 bridgehead atoms. The summed E-state index contributed by atoms with van der Waals surface area (Å²) >= 11 is 0. The molecular weight excluding hydrogens is 260 g/mol. The van der Waals surface area contributed by atoms with Crippen LogP contribution in [-0.4, -0.2) is 52.3 Å². The van der Waals surface area contributed by atoms with E-state index in [1.54, 1.807) is 11.8 Å². The fraction of sp³-hybridized carbons (Fsp3) is 0.714. The Morgan fingerprint density at radius 3 is 2.85 bits per heavy atom. The van der Waals surface area contributed by atoms with Crippen LogP contribution >= 0.6 is 0 Å². The van der Waals surface area contributed by atoms with Gasteiger partial charge < -0.3 is 19.2 Å². The zero-order valence-electron chi connectivity index (χ0n) is 11.7. The van der Waals surface area contributed by atoms with Crippen molar-refractivity contribution in [1.29, 1.82) is 0 Å². The number of hydrogen-bond acceptors (Lipinski definition) is 5. The molecule has 1 aromatic heterocycles. The number of aryl methyl sites for hydroxylation is 1. The molecule has 0 saturated carbocycles. The Morgan fingerprint density at radius 1 is 1.50 bits per heavy atom. The van der Waals surface area contributed by atoms with E-state index in [9.17, 15) is 9.90 Å². The Morgan fingerprint density at radius 2 is 2.25 bits per heavy atom. The van der Waals surface area contributed by atoms with Crippen LogP contribution in [0.25, 0.3) is 0 Å². The number of aromatic nitrogens is 1. The molecule has 2 aliphatic heterocycles. The lowest BCUT2D eigenvalue weighted by molar-refractivity contribution is -0.174. The van der Waals surface area contributed by atoms with Gasteiger partial charge in [0.2, 0.25) is 0 Å². The van der Waals surface area contributed by atoms with Gasteiger partial charge in [-0.2, -0.15) is 0 Å². The number of amides is 1. The average molecular weight is 280 g/mol. The summed E-state index contributed by atoms with van der Waals surface area (Å²) in [5, 5.41) is 10.2. The number of carbonyl (C=O) groups is 1. The Kier molecular flexibility index (Phi) is 3.52. The smallest absolute Gasteiger partial charge is 0.276 e. The van der Waals surface area contributed by atoms with Gasteiger partial charge in [0.1, 0.15) is 5.76 Å². The number of nitrogens with zero attached hydrogens (tertiary/aromatic N) is 2. The topological polar surface area (TPSA) is 75.8 Å². The molecule has 1 aromatic rings. The van der Waals surface area contributed by atoms with Gasteiger partial charge in [-0.05, 0) is 32.6 Å². The van der Waals surface area contributed by atoms with Gasteiger partial charge >= 0.3 is 0 Å². The lowest BCUT2D eigenvalue weighted by Crippen LogP contribution is -2.56. The minimum atomic E-state index is -0.450. The summed E-state index contributed by atoms with van der Waals surface area (Å²) < 4.78 is 10.9. The zero-order chi connectivity index (χ0) is 14.2. The number of aliphatic hydroxyl groups is 1. The Hall–Kier alpha value is -1.40. The van der Waals surface area contributed by atoms with Crippen molar-refractivity contribution >= 4 is 5.91 Å². The molecule has 6 heteroatoms. The first-order chi connectivity index (χ1) is 9.62. The molecule has 2 saturated heterocycles. The molecule has 110 valence electrons. The van der Waals surface area contributed by atoms with E-state index in [0.717, 1.165) is 12.8 Å². The maximum atomic E-state index is 12.3. The fourth-order valence-electron chi connectivity index (χ4n) is 3.14. The van der Waals surface area contributed by atoms with Crippen molar-refractivity contribution in [3.05, 3.63) is 17.8 Å². The van der Waals surface area contributed by atoms with Gasteiger partial charge in [-0.3, -0.25) is 4.79 Å². The first-order valence-corrected chi connectivity index (χ1v) is 7.14. The van der Waals surface area contributed by atoms with Crippen LogP contribution in [0.3, 0.4) is 0 Å². The monoisotopic (exact) mass is 280 g/mol. The predicted molar refractivity (Wildman–Crippen MR) is 70.3 cm³/mol. The summed E-state index contributed by atoms with van der Waals surface area (Å²) in [6.45, 7) is 3.61. The Balaban J connectivity index is 1.67. The quantitative estimate of drug-likeness (QED) is 0.834. The minimum Gasteiger partial charge on any atom is -0.448 e. The minimum absolute atomic E-state index is 0.101. The molecule has 0 aliphatic carbocycles. The third-order valence-corrected chi connectivity index (χ3v) is 4.46. The van der Waals surface area contributed by atoms with Crippen molar-refractivity contribution in [2.75, 3.05) is 19.7 Å². The number of likely N-dealkylation sites (tertiary alicyclic amines) is 1. The Labute approximate surface area is 117 Å². The molecule has 0 radical (unpaired) electrons. The average Bonchev–Trinajstić information content (AvgIpc) is 2.89. The second-order valence-electron chi connectivity index (χ2n) is 5.62. The molecule has 0 aromatic carbocycles. The SMILES string of the molecule is Cc1ocnc1C(=O)N1CCC2(CC1)OCCCC2O. The summed E-state index contributed by atoms with van der Waals surface area (Å²) in [6, 6.07) is 0. The summed E-state index contributed by atoms with van der Waals surface area (Å²) in [6.07, 6.45) is 3.93. The Bertz CT molecular complexity index is 491. The molecule has 1 N–H and O–H groups in total. The zero-order valence-corrected chi connectivity index (χ0v) is 11.7. The van der Waals surface area contributed by atoms with Gasteiger partial charge in [-0.15, -0.1) is 0 Å². The van der Waals surface area contributed by atoms with Crippen LogP contribution in [-0.2, 0) is 4.74 Å². The van der Waals surface area contributed by atoms with Crippen LogP contribution in [0.1, 0.15) is 41.9 Å². The number of oxazole rings is 1. The molecule has 1 amide bonds. The van der Waals surface area contributed by atoms with E-state index < -0.39 is 11.7 Å². The summed E-state index contributed by atoms with van der Waals surface area (Å²) in [5.74, 6) is 0.445. The second kappa shape index (κ2) is 5.18. The number of ether oxygens (including phenoxy) is 1. The van der Waals surface area contributed by atoms with Gasteiger partial charge in [0.15, 0.2) is 12.1 Å². The molecule has 3 rings (SSSR count). The molecule has 1 spiro atoms. The van der Waals surface area contributed by atoms with Gasteiger partial charge in [-0.1, -0.05) is 0 Å². The highest BCUT2D eigenvalue weighted by molar-refractivity contribution is 5.93. The fourth-order valence-corrected chi connectivity index (χ4v) is 3.14. The highest BCUT2D eigenvalue weighted by Crippen LogP contribution is 2.35. The molecule has 2 fully saturated rings. The first-order valence-electron chi connectivity index (χ1n) is 7.14. The van der Waals surface area contributed by atoms with Gasteiger partial charge in [0.05, 0.1) is 11.7 Å². The van der Waals surface area contributed by atoms with E-state index in [-0.39, 0.29) is 5.91 Å². The summed E-state index contributed by atoms with van der Waals surface area (Å²) in [7, 11) is 0. The molecular formula is C14H20N2O4. The first kappa shape index (κ1) is 13.6. The van der Waals surface area contributed by atoms with Gasteiger partial charge in [0, 0.05) is 19.7 Å². The molecule has 6 nitrogen and oxygen atoms in total. The third kappa shape index (κ3) is 2.23. The van der Waals surface area contributed by atoms with Crippen LogP contribution in [0.2, 0.25) is 0 Å². The van der Waals surface area contributed by atoms with Gasteiger partial charge in [-0.25, -0.2) is 4.98 Å². The van der Waals surface area contributed by atoms with Crippen LogP contribution in [0.15, 0.2) is 10.8 Å². The maximum absolute atomic E-state index is 12.3. The number of piperidine rings is 1. The molecule has 1 unspecified atom stereocenters. The molecule has 20 heavy (non-hydrogen) atoms. The molecule has 2 aliphatic rings. The molecule has 3 heterocycles. The van der Waals surface area contributed by atoms with Crippen molar-refractivity contribution in [2.24, 2.45) is 0 Å². The van der Waals surface area contributed by atoms with E-state index in [0.29, 0.717) is 44.0 Å². The third-order valence-electron chi connectivity index (χ3n) is 4.46. The van der Waals surface area contributed by atoms with Crippen LogP contribution in [0.4, 0.5) is 0 Å². The number of rotatable bonds is 1. The molecule has 1 atom stereocenters.